The van der Waals surface area contributed by atoms with Gasteiger partial charge in [0.05, 0.1) is 23.4 Å². The first kappa shape index (κ1) is 25.9. The number of amides is 1. The molecule has 194 valence electrons. The fraction of sp³-hybridized carbons (Fsp3) is 0.258. The van der Waals surface area contributed by atoms with Gasteiger partial charge in [-0.25, -0.2) is 9.97 Å². The maximum atomic E-state index is 14.0. The van der Waals surface area contributed by atoms with Crippen molar-refractivity contribution in [3.05, 3.63) is 113 Å². The molecule has 0 saturated carbocycles. The molecule has 0 aliphatic carbocycles. The van der Waals surface area contributed by atoms with Crippen molar-refractivity contribution in [1.29, 1.82) is 0 Å². The van der Waals surface area contributed by atoms with Crippen molar-refractivity contribution < 1.29 is 9.90 Å². The van der Waals surface area contributed by atoms with Crippen LogP contribution in [0.25, 0.3) is 11.3 Å². The van der Waals surface area contributed by atoms with Gasteiger partial charge in [0.2, 0.25) is 5.95 Å². The summed E-state index contributed by atoms with van der Waals surface area (Å²) in [5.41, 5.74) is 3.54. The molecule has 1 fully saturated rings. The van der Waals surface area contributed by atoms with Crippen LogP contribution in [0.5, 0.6) is 0 Å². The lowest BCUT2D eigenvalue weighted by molar-refractivity contribution is 0.0212. The molecule has 1 aromatic heterocycles. The van der Waals surface area contributed by atoms with E-state index in [2.05, 4.69) is 22.4 Å². The maximum Gasteiger partial charge on any atom is 0.258 e. The highest BCUT2D eigenvalue weighted by atomic mass is 35.5. The van der Waals surface area contributed by atoms with Gasteiger partial charge in [-0.15, -0.1) is 0 Å². The molecule has 1 aliphatic rings. The first-order valence-electron chi connectivity index (χ1n) is 13.1. The van der Waals surface area contributed by atoms with Gasteiger partial charge in [0.15, 0.2) is 0 Å². The number of rotatable bonds is 8. The monoisotopic (exact) mass is 526 g/mol. The van der Waals surface area contributed by atoms with E-state index in [0.29, 0.717) is 40.9 Å². The molecule has 2 atom stereocenters. The number of hydrogen-bond acceptors (Lipinski definition) is 5. The smallest absolute Gasteiger partial charge is 0.258 e. The van der Waals surface area contributed by atoms with Crippen molar-refractivity contribution in [1.82, 2.24) is 14.9 Å². The number of hydrogen-bond donors (Lipinski definition) is 2. The molecular weight excluding hydrogens is 496 g/mol. The summed E-state index contributed by atoms with van der Waals surface area (Å²) in [5.74, 6) is 0.238. The number of anilines is 1. The third kappa shape index (κ3) is 5.87. The summed E-state index contributed by atoms with van der Waals surface area (Å²) in [6.07, 6.45) is 4.19. The molecule has 0 spiro atoms. The Morgan fingerprint density at radius 3 is 2.47 bits per heavy atom. The summed E-state index contributed by atoms with van der Waals surface area (Å²) in [4.78, 5) is 25.1. The summed E-state index contributed by atoms with van der Waals surface area (Å²) in [6.45, 7) is 1.21. The van der Waals surface area contributed by atoms with Gasteiger partial charge in [-0.2, -0.15) is 0 Å². The van der Waals surface area contributed by atoms with Crippen molar-refractivity contribution in [2.75, 3.05) is 18.4 Å². The zero-order chi connectivity index (χ0) is 26.3. The summed E-state index contributed by atoms with van der Waals surface area (Å²) in [7, 11) is 0. The van der Waals surface area contributed by atoms with Gasteiger partial charge in [-0.1, -0.05) is 90.5 Å². The number of nitrogens with one attached hydrogen (secondary N) is 1. The Kier molecular flexibility index (Phi) is 8.31. The summed E-state index contributed by atoms with van der Waals surface area (Å²) >= 11 is 6.57. The number of carbonyl (C=O) groups is 1. The van der Waals surface area contributed by atoms with Gasteiger partial charge in [-0.05, 0) is 42.9 Å². The maximum absolute atomic E-state index is 14.0. The molecule has 1 aliphatic heterocycles. The van der Waals surface area contributed by atoms with E-state index in [0.717, 1.165) is 31.2 Å². The predicted octanol–water partition coefficient (Wildman–Crippen LogP) is 6.18. The van der Waals surface area contributed by atoms with Crippen LogP contribution < -0.4 is 5.32 Å². The quantitative estimate of drug-likeness (QED) is 0.286. The number of piperidine rings is 1. The second-order valence-electron chi connectivity index (χ2n) is 9.52. The number of halogens is 1. The largest absolute Gasteiger partial charge is 0.386 e. The van der Waals surface area contributed by atoms with E-state index in [1.54, 1.807) is 17.2 Å². The van der Waals surface area contributed by atoms with Crippen LogP contribution in [0.15, 0.2) is 91.1 Å². The molecule has 2 unspecified atom stereocenters. The van der Waals surface area contributed by atoms with Crippen LogP contribution in [0.1, 0.15) is 46.9 Å². The first-order valence-corrected chi connectivity index (χ1v) is 13.4. The molecule has 0 bridgehead atoms. The van der Waals surface area contributed by atoms with Crippen LogP contribution in [-0.4, -0.2) is 45.0 Å². The molecule has 1 amide bonds. The lowest BCUT2D eigenvalue weighted by Crippen LogP contribution is -2.47. The van der Waals surface area contributed by atoms with Gasteiger partial charge < -0.3 is 15.3 Å². The Morgan fingerprint density at radius 1 is 1.00 bits per heavy atom. The average molecular weight is 527 g/mol. The Bertz CT molecular complexity index is 1370. The van der Waals surface area contributed by atoms with Crippen molar-refractivity contribution in [3.8, 4) is 11.3 Å². The minimum Gasteiger partial charge on any atom is -0.386 e. The average Bonchev–Trinajstić information content (AvgIpc) is 2.98. The van der Waals surface area contributed by atoms with Crippen molar-refractivity contribution >= 4 is 23.5 Å². The molecule has 1 saturated heterocycles. The molecule has 0 radical (unpaired) electrons. The highest BCUT2D eigenvalue weighted by Crippen LogP contribution is 2.34. The topological polar surface area (TPSA) is 78.4 Å². The Hall–Kier alpha value is -3.74. The lowest BCUT2D eigenvalue weighted by atomic mass is 9.92. The van der Waals surface area contributed by atoms with Crippen LogP contribution in [0.4, 0.5) is 5.95 Å². The number of nitrogens with zero attached hydrogens (tertiary/aromatic N) is 3. The van der Waals surface area contributed by atoms with Gasteiger partial charge in [0.1, 0.15) is 0 Å². The van der Waals surface area contributed by atoms with E-state index in [1.807, 2.05) is 66.7 Å². The van der Waals surface area contributed by atoms with Crippen molar-refractivity contribution in [3.63, 3.8) is 0 Å². The van der Waals surface area contributed by atoms with Crippen molar-refractivity contribution in [2.45, 2.75) is 37.8 Å². The fourth-order valence-electron chi connectivity index (χ4n) is 5.01. The Balaban J connectivity index is 1.44. The zero-order valence-corrected chi connectivity index (χ0v) is 21.9. The molecule has 6 nitrogen and oxygen atoms in total. The standard InChI is InChI=1S/C31H31ClN4O2/c32-26-16-8-7-15-24(26)28-25(21-34-31(35-28)33-19-18-22-11-3-1-4-12-22)30(38)36-20-10-9-17-27(36)29(37)23-13-5-2-6-14-23/h1-8,11-16,21,27,29,37H,9-10,17-20H2,(H,33,34,35). The molecule has 38 heavy (non-hydrogen) atoms. The van der Waals surface area contributed by atoms with Crippen LogP contribution in [0, 0.1) is 0 Å². The highest BCUT2D eigenvalue weighted by Gasteiger charge is 2.35. The summed E-state index contributed by atoms with van der Waals surface area (Å²) in [5, 5.41) is 15.0. The molecule has 3 aromatic carbocycles. The SMILES string of the molecule is O=C(c1cnc(NCCc2ccccc2)nc1-c1ccccc1Cl)N1CCCCC1C(O)c1ccccc1. The van der Waals surface area contributed by atoms with Crippen molar-refractivity contribution in [2.24, 2.45) is 0 Å². The van der Waals surface area contributed by atoms with Crippen LogP contribution >= 0.6 is 11.6 Å². The van der Waals surface area contributed by atoms with Gasteiger partial charge in [0, 0.05) is 29.9 Å². The van der Waals surface area contributed by atoms with E-state index in [4.69, 9.17) is 16.6 Å². The molecule has 5 rings (SSSR count). The number of carbonyl (C=O) groups excluding carboxylic acids is 1. The van der Waals surface area contributed by atoms with Gasteiger partial charge >= 0.3 is 0 Å². The number of aliphatic hydroxyl groups is 1. The number of aromatic nitrogens is 2. The zero-order valence-electron chi connectivity index (χ0n) is 21.1. The van der Waals surface area contributed by atoms with Gasteiger partial charge in [-0.3, -0.25) is 4.79 Å². The summed E-state index contributed by atoms with van der Waals surface area (Å²) in [6, 6.07) is 26.8. The molecule has 2 heterocycles. The molecule has 4 aromatic rings. The van der Waals surface area contributed by atoms with Gasteiger partial charge in [0.25, 0.3) is 5.91 Å². The predicted molar refractivity (Wildman–Crippen MR) is 151 cm³/mol. The normalized spacial score (nSPS) is 16.2. The number of likely N-dealkylation sites (tertiary alicyclic amines) is 1. The minimum absolute atomic E-state index is 0.199. The number of aliphatic hydroxyl groups excluding tert-OH is 1. The highest BCUT2D eigenvalue weighted by molar-refractivity contribution is 6.33. The Labute approximate surface area is 228 Å². The van der Waals surface area contributed by atoms with E-state index in [9.17, 15) is 9.90 Å². The van der Waals surface area contributed by atoms with E-state index < -0.39 is 6.10 Å². The van der Waals surface area contributed by atoms with Crippen LogP contribution in [0.3, 0.4) is 0 Å². The lowest BCUT2D eigenvalue weighted by Gasteiger charge is -2.39. The van der Waals surface area contributed by atoms with E-state index in [-0.39, 0.29) is 11.9 Å². The third-order valence-corrected chi connectivity index (χ3v) is 7.33. The second-order valence-corrected chi connectivity index (χ2v) is 9.92. The van der Waals surface area contributed by atoms with E-state index in [1.165, 1.54) is 5.56 Å². The molecule has 2 N–H and O–H groups in total. The van der Waals surface area contributed by atoms with E-state index >= 15 is 0 Å². The number of benzene rings is 3. The van der Waals surface area contributed by atoms with Crippen LogP contribution in [0.2, 0.25) is 5.02 Å². The summed E-state index contributed by atoms with van der Waals surface area (Å²) < 4.78 is 0. The van der Waals surface area contributed by atoms with Crippen LogP contribution in [-0.2, 0) is 6.42 Å². The Morgan fingerprint density at radius 2 is 1.71 bits per heavy atom. The molecular formula is C31H31ClN4O2. The molecule has 7 heteroatoms. The fourth-order valence-corrected chi connectivity index (χ4v) is 5.24. The third-order valence-electron chi connectivity index (χ3n) is 7.00. The first-order chi connectivity index (χ1) is 18.6. The minimum atomic E-state index is -0.774. The second kappa shape index (κ2) is 12.2.